The van der Waals surface area contributed by atoms with Gasteiger partial charge in [0.2, 0.25) is 5.91 Å². The molecule has 12 nitrogen and oxygen atoms in total. The number of nitrogens with one attached hydrogen (secondary N) is 2. The molecule has 2 fully saturated rings. The summed E-state index contributed by atoms with van der Waals surface area (Å²) in [6.07, 6.45) is -0.809. The molecule has 0 aliphatic carbocycles. The monoisotopic (exact) mass is 556 g/mol. The van der Waals surface area contributed by atoms with Crippen LogP contribution in [0.5, 0.6) is 17.2 Å². The Morgan fingerprint density at radius 1 is 1.12 bits per heavy atom. The number of carbonyl (C=O) groups is 4. The molecule has 0 spiro atoms. The highest BCUT2D eigenvalue weighted by atomic mass is 19.1. The highest BCUT2D eigenvalue weighted by Crippen LogP contribution is 2.29. The summed E-state index contributed by atoms with van der Waals surface area (Å²) >= 11 is 0. The van der Waals surface area contributed by atoms with E-state index >= 15 is 0 Å². The van der Waals surface area contributed by atoms with Crippen LogP contribution in [-0.4, -0.2) is 92.3 Å². The van der Waals surface area contributed by atoms with Crippen LogP contribution in [0.3, 0.4) is 0 Å². The molecule has 4 bridgehead atoms. The highest BCUT2D eigenvalue weighted by molar-refractivity contribution is 5.95. The van der Waals surface area contributed by atoms with Gasteiger partial charge in [0.1, 0.15) is 30.8 Å². The number of hydrogen-bond acceptors (Lipinski definition) is 8. The molecule has 0 unspecified atom stereocenters. The molecule has 0 radical (unpaired) electrons. The first-order chi connectivity index (χ1) is 19.3. The Morgan fingerprint density at radius 3 is 2.75 bits per heavy atom. The predicted octanol–water partition coefficient (Wildman–Crippen LogP) is 1.07. The Balaban J connectivity index is 1.42. The van der Waals surface area contributed by atoms with Gasteiger partial charge in [-0.2, -0.15) is 0 Å². The number of methoxy groups -OCH3 is 1. The van der Waals surface area contributed by atoms with Crippen molar-refractivity contribution in [2.75, 3.05) is 46.5 Å². The third kappa shape index (κ3) is 6.19. The van der Waals surface area contributed by atoms with Crippen LogP contribution in [0.4, 0.5) is 9.18 Å². The molecular formula is C27H29FN4O8. The lowest BCUT2D eigenvalue weighted by molar-refractivity contribution is -0.134. The van der Waals surface area contributed by atoms with E-state index in [-0.39, 0.29) is 55.8 Å². The third-order valence-electron chi connectivity index (χ3n) is 6.88. The van der Waals surface area contributed by atoms with Crippen molar-refractivity contribution in [2.24, 2.45) is 0 Å². The number of benzene rings is 2. The van der Waals surface area contributed by atoms with Crippen molar-refractivity contribution in [1.82, 2.24) is 20.4 Å². The van der Waals surface area contributed by atoms with Gasteiger partial charge in [-0.15, -0.1) is 0 Å². The van der Waals surface area contributed by atoms with Crippen LogP contribution >= 0.6 is 0 Å². The fourth-order valence-corrected chi connectivity index (χ4v) is 4.81. The summed E-state index contributed by atoms with van der Waals surface area (Å²) in [5.41, 5.74) is 0.707. The third-order valence-corrected chi connectivity index (χ3v) is 6.88. The molecule has 3 aliphatic heterocycles. The standard InChI is InChI=1S/C27H29FN4O8/c1-37-22-3-2-17-10-23(22)39-15-24(33)29-12-16-8-18(28)11-19(9-16)40-21-4-5-31(13-20(21)30-26(17)35)25(34)14-32-6-7-38-27(32)36/h2-3,8-11,20-21H,4-7,12-15H2,1H3,(H,29,33)(H,30,35)/t20-,21+/m0/s1. The van der Waals surface area contributed by atoms with Gasteiger partial charge in [0.15, 0.2) is 18.1 Å². The van der Waals surface area contributed by atoms with Gasteiger partial charge < -0.3 is 34.5 Å². The van der Waals surface area contributed by atoms with Crippen LogP contribution in [0.1, 0.15) is 22.3 Å². The summed E-state index contributed by atoms with van der Waals surface area (Å²) in [5.74, 6) is -1.02. The quantitative estimate of drug-likeness (QED) is 0.573. The number of piperidine rings is 1. The number of ether oxygens (including phenoxy) is 4. The second kappa shape index (κ2) is 11.7. The Labute approximate surface area is 229 Å². The number of cyclic esters (lactones) is 1. The molecule has 2 saturated heterocycles. The maximum atomic E-state index is 14.4. The molecule has 212 valence electrons. The molecule has 2 atom stereocenters. The molecule has 2 aromatic carbocycles. The molecular weight excluding hydrogens is 527 g/mol. The maximum absolute atomic E-state index is 14.4. The lowest BCUT2D eigenvalue weighted by Gasteiger charge is -2.39. The second-order valence-corrected chi connectivity index (χ2v) is 9.63. The Bertz CT molecular complexity index is 1320. The van der Waals surface area contributed by atoms with Crippen LogP contribution in [0.25, 0.3) is 0 Å². The Morgan fingerprint density at radius 2 is 1.98 bits per heavy atom. The molecule has 3 aliphatic rings. The summed E-state index contributed by atoms with van der Waals surface area (Å²) in [6.45, 7) is 0.519. The van der Waals surface area contributed by atoms with Crippen LogP contribution in [-0.2, 0) is 20.9 Å². The van der Waals surface area contributed by atoms with Crippen molar-refractivity contribution in [1.29, 1.82) is 0 Å². The molecule has 0 saturated carbocycles. The number of fused-ring (bicyclic) bond motifs is 5. The van der Waals surface area contributed by atoms with Gasteiger partial charge in [0.25, 0.3) is 11.8 Å². The van der Waals surface area contributed by atoms with Crippen LogP contribution in [0.15, 0.2) is 36.4 Å². The van der Waals surface area contributed by atoms with Crippen molar-refractivity contribution < 1.29 is 42.5 Å². The van der Waals surface area contributed by atoms with Crippen molar-refractivity contribution in [3.8, 4) is 17.2 Å². The maximum Gasteiger partial charge on any atom is 0.410 e. The topological polar surface area (TPSA) is 136 Å². The molecule has 4 amide bonds. The van der Waals surface area contributed by atoms with Gasteiger partial charge in [-0.1, -0.05) is 0 Å². The van der Waals surface area contributed by atoms with Gasteiger partial charge >= 0.3 is 6.09 Å². The van der Waals surface area contributed by atoms with Crippen molar-refractivity contribution in [2.45, 2.75) is 25.1 Å². The zero-order valence-electron chi connectivity index (χ0n) is 21.8. The lowest BCUT2D eigenvalue weighted by atomic mass is 10.0. The van der Waals surface area contributed by atoms with Crippen molar-refractivity contribution in [3.05, 3.63) is 53.3 Å². The van der Waals surface area contributed by atoms with E-state index < -0.39 is 35.9 Å². The van der Waals surface area contributed by atoms with Gasteiger partial charge in [0.05, 0.1) is 19.7 Å². The van der Waals surface area contributed by atoms with Crippen LogP contribution < -0.4 is 24.8 Å². The van der Waals surface area contributed by atoms with Crippen molar-refractivity contribution in [3.63, 3.8) is 0 Å². The van der Waals surface area contributed by atoms with E-state index in [0.29, 0.717) is 30.8 Å². The lowest BCUT2D eigenvalue weighted by Crippen LogP contribution is -2.59. The zero-order chi connectivity index (χ0) is 28.2. The van der Waals surface area contributed by atoms with E-state index in [4.69, 9.17) is 18.9 Å². The van der Waals surface area contributed by atoms with E-state index in [1.807, 2.05) is 0 Å². The number of carbonyl (C=O) groups excluding carboxylic acids is 4. The number of amides is 4. The fourth-order valence-electron chi connectivity index (χ4n) is 4.81. The number of nitrogens with zero attached hydrogens (tertiary/aromatic N) is 2. The molecule has 13 heteroatoms. The molecule has 0 aromatic heterocycles. The summed E-state index contributed by atoms with van der Waals surface area (Å²) in [4.78, 5) is 53.4. The van der Waals surface area contributed by atoms with Crippen molar-refractivity contribution >= 4 is 23.8 Å². The van der Waals surface area contributed by atoms with E-state index in [9.17, 15) is 23.6 Å². The summed E-state index contributed by atoms with van der Waals surface area (Å²) < 4.78 is 36.4. The van der Waals surface area contributed by atoms with Gasteiger partial charge in [-0.05, 0) is 35.9 Å². The number of likely N-dealkylation sites (tertiary alicyclic amines) is 1. The van der Waals surface area contributed by atoms with Crippen LogP contribution in [0, 0.1) is 5.82 Å². The van der Waals surface area contributed by atoms with Crippen LogP contribution in [0.2, 0.25) is 0 Å². The Kier molecular flexibility index (Phi) is 7.89. The molecule has 40 heavy (non-hydrogen) atoms. The normalized spacial score (nSPS) is 21.3. The minimum absolute atomic E-state index is 0.0412. The average molecular weight is 557 g/mol. The first-order valence-corrected chi connectivity index (χ1v) is 12.8. The molecule has 3 heterocycles. The van der Waals surface area contributed by atoms with E-state index in [1.165, 1.54) is 30.2 Å². The molecule has 5 rings (SSSR count). The first kappa shape index (κ1) is 27.0. The second-order valence-electron chi connectivity index (χ2n) is 9.63. The predicted molar refractivity (Wildman–Crippen MR) is 137 cm³/mol. The summed E-state index contributed by atoms with van der Waals surface area (Å²) in [7, 11) is 1.44. The largest absolute Gasteiger partial charge is 0.493 e. The van der Waals surface area contributed by atoms with E-state index in [2.05, 4.69) is 10.6 Å². The van der Waals surface area contributed by atoms with E-state index in [1.54, 1.807) is 23.1 Å². The SMILES string of the molecule is COc1ccc2cc1OCC(=O)NCc1cc(F)cc(c1)O[C@@H]1CCN(C(=O)CN3CCOC3=O)C[C@@H]1NC2=O. The van der Waals surface area contributed by atoms with Gasteiger partial charge in [-0.25, -0.2) is 9.18 Å². The minimum atomic E-state index is -0.665. The summed E-state index contributed by atoms with van der Waals surface area (Å²) in [6, 6.07) is 8.02. The highest BCUT2D eigenvalue weighted by Gasteiger charge is 2.36. The minimum Gasteiger partial charge on any atom is -0.493 e. The molecule has 2 aromatic rings. The molecule has 2 N–H and O–H groups in total. The smallest absolute Gasteiger partial charge is 0.410 e. The summed E-state index contributed by atoms with van der Waals surface area (Å²) in [5, 5.41) is 5.61. The Hall–Kier alpha value is -4.55. The fraction of sp³-hybridized carbons (Fsp3) is 0.407. The zero-order valence-corrected chi connectivity index (χ0v) is 21.8. The first-order valence-electron chi connectivity index (χ1n) is 12.8. The average Bonchev–Trinajstić information content (AvgIpc) is 3.34. The van der Waals surface area contributed by atoms with E-state index in [0.717, 1.165) is 0 Å². The van der Waals surface area contributed by atoms with Gasteiger partial charge in [0, 0.05) is 37.7 Å². The van der Waals surface area contributed by atoms with Gasteiger partial charge in [-0.3, -0.25) is 19.3 Å². The number of halogens is 1. The number of rotatable bonds is 3. The number of hydrogen-bond donors (Lipinski definition) is 2.